The van der Waals surface area contributed by atoms with E-state index in [0.29, 0.717) is 17.7 Å². The largest absolute Gasteiger partial charge is 0.416 e. The van der Waals surface area contributed by atoms with Crippen LogP contribution in [0.3, 0.4) is 0 Å². The number of amides is 1. The average Bonchev–Trinajstić information content (AvgIpc) is 2.55. The van der Waals surface area contributed by atoms with Crippen LogP contribution >= 0.6 is 15.9 Å². The highest BCUT2D eigenvalue weighted by molar-refractivity contribution is 9.10. The molecule has 0 radical (unpaired) electrons. The number of nitrogens with zero attached hydrogens (tertiary/aromatic N) is 1. The SMILES string of the molecule is O=C(Cc1ccc(F)c(Br)c1)NNc1ccc(C(F)(F)F)cc1[N+](=O)[O-]. The maximum atomic E-state index is 13.1. The van der Waals surface area contributed by atoms with Gasteiger partial charge in [0.15, 0.2) is 0 Å². The van der Waals surface area contributed by atoms with Crippen LogP contribution in [0.15, 0.2) is 40.9 Å². The van der Waals surface area contributed by atoms with Gasteiger partial charge >= 0.3 is 6.18 Å². The number of rotatable bonds is 5. The Morgan fingerprint density at radius 3 is 2.46 bits per heavy atom. The Kier molecular flexibility index (Phi) is 5.80. The van der Waals surface area contributed by atoms with E-state index < -0.39 is 34.1 Å². The minimum absolute atomic E-state index is 0.161. The number of anilines is 1. The van der Waals surface area contributed by atoms with Gasteiger partial charge in [0.05, 0.1) is 21.4 Å². The quantitative estimate of drug-likeness (QED) is 0.418. The average molecular weight is 436 g/mol. The molecule has 0 aliphatic carbocycles. The number of hydrogen-bond donors (Lipinski definition) is 2. The number of halogens is 5. The highest BCUT2D eigenvalue weighted by atomic mass is 79.9. The molecule has 0 aromatic heterocycles. The third-order valence-electron chi connectivity index (χ3n) is 3.21. The van der Waals surface area contributed by atoms with E-state index in [2.05, 4.69) is 26.8 Å². The fraction of sp³-hybridized carbons (Fsp3) is 0.133. The van der Waals surface area contributed by atoms with Gasteiger partial charge in [-0.25, -0.2) is 4.39 Å². The minimum atomic E-state index is -4.73. The molecule has 0 aliphatic rings. The second-order valence-electron chi connectivity index (χ2n) is 5.09. The number of nitrogens with one attached hydrogen (secondary N) is 2. The van der Waals surface area contributed by atoms with E-state index in [-0.39, 0.29) is 16.6 Å². The number of hydrazine groups is 1. The summed E-state index contributed by atoms with van der Waals surface area (Å²) in [6.45, 7) is 0. The lowest BCUT2D eigenvalue weighted by atomic mass is 10.1. The number of nitro benzene ring substituents is 1. The van der Waals surface area contributed by atoms with Crippen LogP contribution in [0.5, 0.6) is 0 Å². The Morgan fingerprint density at radius 1 is 1.19 bits per heavy atom. The number of benzene rings is 2. The van der Waals surface area contributed by atoms with Crippen LogP contribution in [-0.2, 0) is 17.4 Å². The maximum Gasteiger partial charge on any atom is 0.416 e. The van der Waals surface area contributed by atoms with Gasteiger partial charge in [-0.1, -0.05) is 6.07 Å². The summed E-state index contributed by atoms with van der Waals surface area (Å²) in [6, 6.07) is 5.77. The van der Waals surface area contributed by atoms with Crippen molar-refractivity contribution in [3.63, 3.8) is 0 Å². The topological polar surface area (TPSA) is 84.3 Å². The van der Waals surface area contributed by atoms with E-state index in [1.807, 2.05) is 0 Å². The molecule has 0 unspecified atom stereocenters. The summed E-state index contributed by atoms with van der Waals surface area (Å²) in [4.78, 5) is 21.8. The van der Waals surface area contributed by atoms with Crippen molar-refractivity contribution >= 4 is 33.2 Å². The Balaban J connectivity index is 2.09. The summed E-state index contributed by atoms with van der Waals surface area (Å²) in [7, 11) is 0. The van der Waals surface area contributed by atoms with Gasteiger partial charge in [0.25, 0.3) is 5.69 Å². The zero-order chi connectivity index (χ0) is 19.5. The zero-order valence-electron chi connectivity index (χ0n) is 12.7. The van der Waals surface area contributed by atoms with E-state index in [1.165, 1.54) is 12.1 Å². The highest BCUT2D eigenvalue weighted by Gasteiger charge is 2.33. The molecule has 2 aromatic rings. The first kappa shape index (κ1) is 19.6. The summed E-state index contributed by atoms with van der Waals surface area (Å²) in [5.41, 5.74) is 2.50. The number of carbonyl (C=O) groups is 1. The molecule has 0 saturated carbocycles. The van der Waals surface area contributed by atoms with Gasteiger partial charge in [0, 0.05) is 6.07 Å². The van der Waals surface area contributed by atoms with Gasteiger partial charge in [-0.15, -0.1) is 0 Å². The van der Waals surface area contributed by atoms with Crippen LogP contribution in [0.2, 0.25) is 0 Å². The van der Waals surface area contributed by atoms with Crippen molar-refractivity contribution < 1.29 is 27.3 Å². The van der Waals surface area contributed by atoms with E-state index in [1.54, 1.807) is 0 Å². The van der Waals surface area contributed by atoms with Crippen molar-refractivity contribution in [2.45, 2.75) is 12.6 Å². The van der Waals surface area contributed by atoms with Crippen LogP contribution in [0.1, 0.15) is 11.1 Å². The van der Waals surface area contributed by atoms with Gasteiger partial charge in [0.1, 0.15) is 11.5 Å². The van der Waals surface area contributed by atoms with E-state index >= 15 is 0 Å². The van der Waals surface area contributed by atoms with Crippen molar-refractivity contribution in [2.75, 3.05) is 5.43 Å². The predicted octanol–water partition coefficient (Wildman–Crippen LogP) is 4.20. The molecule has 1 amide bonds. The zero-order valence-corrected chi connectivity index (χ0v) is 14.3. The van der Waals surface area contributed by atoms with Crippen LogP contribution in [0, 0.1) is 15.9 Å². The molecule has 0 saturated heterocycles. The molecule has 2 aromatic carbocycles. The van der Waals surface area contributed by atoms with Gasteiger partial charge in [-0.05, 0) is 45.8 Å². The molecule has 26 heavy (non-hydrogen) atoms. The monoisotopic (exact) mass is 435 g/mol. The minimum Gasteiger partial charge on any atom is -0.292 e. The summed E-state index contributed by atoms with van der Waals surface area (Å²) in [5.74, 6) is -1.13. The maximum absolute atomic E-state index is 13.1. The van der Waals surface area contributed by atoms with Gasteiger partial charge in [-0.3, -0.25) is 25.8 Å². The Hall–Kier alpha value is -2.69. The van der Waals surface area contributed by atoms with E-state index in [4.69, 9.17) is 0 Å². The number of alkyl halides is 3. The molecule has 6 nitrogen and oxygen atoms in total. The first-order valence-corrected chi connectivity index (χ1v) is 7.71. The van der Waals surface area contributed by atoms with Crippen molar-refractivity contribution in [3.8, 4) is 0 Å². The van der Waals surface area contributed by atoms with E-state index in [0.717, 1.165) is 12.1 Å². The molecule has 138 valence electrons. The molecule has 0 heterocycles. The summed E-state index contributed by atoms with van der Waals surface area (Å²) >= 11 is 2.97. The second-order valence-corrected chi connectivity index (χ2v) is 5.94. The van der Waals surface area contributed by atoms with Crippen molar-refractivity contribution in [1.82, 2.24) is 5.43 Å². The molecule has 2 N–H and O–H groups in total. The molecular weight excluding hydrogens is 426 g/mol. The molecule has 11 heteroatoms. The fourth-order valence-corrected chi connectivity index (χ4v) is 2.41. The summed E-state index contributed by atoms with van der Waals surface area (Å²) < 4.78 is 51.2. The third kappa shape index (κ3) is 4.91. The van der Waals surface area contributed by atoms with Crippen LogP contribution in [0.4, 0.5) is 28.9 Å². The lowest BCUT2D eigenvalue weighted by Crippen LogP contribution is -2.31. The standard InChI is InChI=1S/C15H10BrF4N3O3/c16-10-5-8(1-3-11(10)17)6-14(24)22-21-12-4-2-9(15(18,19)20)7-13(12)23(25)26/h1-5,7,21H,6H2,(H,22,24). The number of nitro groups is 1. The third-order valence-corrected chi connectivity index (χ3v) is 3.81. The van der Waals surface area contributed by atoms with Crippen molar-refractivity contribution in [2.24, 2.45) is 0 Å². The Morgan fingerprint density at radius 2 is 1.88 bits per heavy atom. The molecule has 2 rings (SSSR count). The van der Waals surface area contributed by atoms with Gasteiger partial charge < -0.3 is 0 Å². The van der Waals surface area contributed by atoms with E-state index in [9.17, 15) is 32.5 Å². The Bertz CT molecular complexity index is 859. The van der Waals surface area contributed by atoms with Crippen molar-refractivity contribution in [1.29, 1.82) is 0 Å². The highest BCUT2D eigenvalue weighted by Crippen LogP contribution is 2.34. The summed E-state index contributed by atoms with van der Waals surface area (Å²) in [5, 5.41) is 11.0. The lowest BCUT2D eigenvalue weighted by Gasteiger charge is -2.11. The van der Waals surface area contributed by atoms with Crippen molar-refractivity contribution in [3.05, 3.63) is 67.9 Å². The fourth-order valence-electron chi connectivity index (χ4n) is 1.98. The molecule has 0 aliphatic heterocycles. The van der Waals surface area contributed by atoms with Gasteiger partial charge in [-0.2, -0.15) is 13.2 Å². The molecule has 0 atom stereocenters. The molecule has 0 bridgehead atoms. The Labute approximate surface area is 152 Å². The predicted molar refractivity (Wildman–Crippen MR) is 87.7 cm³/mol. The second kappa shape index (κ2) is 7.68. The lowest BCUT2D eigenvalue weighted by molar-refractivity contribution is -0.384. The smallest absolute Gasteiger partial charge is 0.292 e. The molecular formula is C15H10BrF4N3O3. The molecule has 0 spiro atoms. The number of hydrogen-bond acceptors (Lipinski definition) is 4. The number of carbonyl (C=O) groups excluding carboxylic acids is 1. The van der Waals surface area contributed by atoms with Crippen LogP contribution in [0.25, 0.3) is 0 Å². The van der Waals surface area contributed by atoms with Crippen LogP contribution in [-0.4, -0.2) is 10.8 Å². The first-order valence-electron chi connectivity index (χ1n) is 6.92. The van der Waals surface area contributed by atoms with Gasteiger partial charge in [0.2, 0.25) is 5.91 Å². The normalized spacial score (nSPS) is 11.1. The summed E-state index contributed by atoms with van der Waals surface area (Å²) in [6.07, 6.45) is -4.91. The van der Waals surface area contributed by atoms with Crippen LogP contribution < -0.4 is 10.9 Å². The first-order chi connectivity index (χ1) is 12.1. The molecule has 0 fully saturated rings.